The molecule has 0 fully saturated rings. The van der Waals surface area contributed by atoms with Gasteiger partial charge in [-0.2, -0.15) is 13.5 Å². The molecular formula is C16H11F2N3O4. The molecule has 0 saturated heterocycles. The fourth-order valence-corrected chi connectivity index (χ4v) is 2.11. The first-order chi connectivity index (χ1) is 12.0. The van der Waals surface area contributed by atoms with Gasteiger partial charge in [0.05, 0.1) is 10.9 Å². The Kier molecular flexibility index (Phi) is 4.64. The molecule has 9 heteroatoms. The Hall–Kier alpha value is -3.36. The average Bonchev–Trinajstić information content (AvgIpc) is 2.61. The molecule has 0 N–H and O–H groups in total. The number of carbonyl (C=O) groups is 1. The normalized spacial score (nSPS) is 10.8. The minimum absolute atomic E-state index is 0.0000488. The van der Waals surface area contributed by atoms with E-state index < -0.39 is 24.9 Å². The molecule has 1 heterocycles. The van der Waals surface area contributed by atoms with Gasteiger partial charge < -0.3 is 9.47 Å². The Balaban J connectivity index is 1.74. The van der Waals surface area contributed by atoms with E-state index in [0.717, 1.165) is 10.7 Å². The molecule has 0 saturated carbocycles. The smallest absolute Gasteiger partial charge is 0.387 e. The minimum Gasteiger partial charge on any atom is -0.439 e. The minimum atomic E-state index is -3.00. The highest BCUT2D eigenvalue weighted by molar-refractivity contribution is 5.89. The Morgan fingerprint density at radius 1 is 1.16 bits per heavy atom. The first kappa shape index (κ1) is 16.5. The number of benzene rings is 2. The number of ether oxygens (including phenoxy) is 2. The van der Waals surface area contributed by atoms with E-state index in [9.17, 15) is 18.4 Å². The van der Waals surface area contributed by atoms with Crippen LogP contribution in [0, 0.1) is 0 Å². The molecule has 3 rings (SSSR count). The van der Waals surface area contributed by atoms with Crippen molar-refractivity contribution in [3.8, 4) is 5.75 Å². The van der Waals surface area contributed by atoms with Crippen molar-refractivity contribution < 1.29 is 23.0 Å². The van der Waals surface area contributed by atoms with E-state index in [-0.39, 0.29) is 11.3 Å². The summed E-state index contributed by atoms with van der Waals surface area (Å²) in [6.45, 7) is -3.46. The van der Waals surface area contributed by atoms with Crippen LogP contribution in [0.15, 0.2) is 53.3 Å². The first-order valence-corrected chi connectivity index (χ1v) is 7.09. The SMILES string of the molecule is O=C(OCn1nnc2ccccc2c1=O)c1cccc(OC(F)F)c1. The maximum absolute atomic E-state index is 12.2. The number of esters is 1. The summed E-state index contributed by atoms with van der Waals surface area (Å²) < 4.78 is 34.5. The van der Waals surface area contributed by atoms with Gasteiger partial charge in [-0.25, -0.2) is 4.79 Å². The molecule has 0 bridgehead atoms. The second-order valence-corrected chi connectivity index (χ2v) is 4.88. The lowest BCUT2D eigenvalue weighted by molar-refractivity contribution is -0.0499. The third-order valence-corrected chi connectivity index (χ3v) is 3.24. The van der Waals surface area contributed by atoms with Crippen LogP contribution in [0.1, 0.15) is 10.4 Å². The second kappa shape index (κ2) is 7.04. The number of carbonyl (C=O) groups excluding carboxylic acids is 1. The average molecular weight is 347 g/mol. The topological polar surface area (TPSA) is 83.3 Å². The van der Waals surface area contributed by atoms with Gasteiger partial charge in [-0.3, -0.25) is 4.79 Å². The molecule has 7 nitrogen and oxygen atoms in total. The van der Waals surface area contributed by atoms with Gasteiger partial charge in [0.25, 0.3) is 5.56 Å². The van der Waals surface area contributed by atoms with E-state index in [1.807, 2.05) is 0 Å². The molecule has 0 spiro atoms. The summed E-state index contributed by atoms with van der Waals surface area (Å²) >= 11 is 0. The monoisotopic (exact) mass is 347 g/mol. The maximum Gasteiger partial charge on any atom is 0.387 e. The van der Waals surface area contributed by atoms with Gasteiger partial charge in [0.2, 0.25) is 0 Å². The zero-order valence-corrected chi connectivity index (χ0v) is 12.6. The standard InChI is InChI=1S/C16H11F2N3O4/c17-16(18)25-11-5-3-4-10(8-11)15(23)24-9-21-14(22)12-6-1-2-7-13(12)19-20-21/h1-8,16H,9H2. The van der Waals surface area contributed by atoms with Crippen LogP contribution < -0.4 is 10.3 Å². The first-order valence-electron chi connectivity index (χ1n) is 7.09. The predicted octanol–water partition coefficient (Wildman–Crippen LogP) is 2.21. The quantitative estimate of drug-likeness (QED) is 0.658. The van der Waals surface area contributed by atoms with Crippen molar-refractivity contribution in [2.75, 3.05) is 0 Å². The van der Waals surface area contributed by atoms with Crippen molar-refractivity contribution in [3.05, 3.63) is 64.4 Å². The highest BCUT2D eigenvalue weighted by Crippen LogP contribution is 2.16. The lowest BCUT2D eigenvalue weighted by atomic mass is 10.2. The van der Waals surface area contributed by atoms with Gasteiger partial charge in [-0.05, 0) is 30.3 Å². The van der Waals surface area contributed by atoms with Crippen LogP contribution >= 0.6 is 0 Å². The number of rotatable bonds is 5. The summed E-state index contributed by atoms with van der Waals surface area (Å²) in [5, 5.41) is 7.87. The van der Waals surface area contributed by atoms with Crippen molar-refractivity contribution in [1.29, 1.82) is 0 Å². The molecule has 0 amide bonds. The number of halogens is 2. The molecule has 0 unspecified atom stereocenters. The Morgan fingerprint density at radius 3 is 2.76 bits per heavy atom. The highest BCUT2D eigenvalue weighted by Gasteiger charge is 2.12. The molecule has 0 aliphatic carbocycles. The van der Waals surface area contributed by atoms with Gasteiger partial charge in [0, 0.05) is 0 Å². The molecule has 0 radical (unpaired) electrons. The van der Waals surface area contributed by atoms with Crippen LogP contribution in [-0.2, 0) is 11.5 Å². The summed E-state index contributed by atoms with van der Waals surface area (Å²) in [4.78, 5) is 24.2. The number of nitrogens with zero attached hydrogens (tertiary/aromatic N) is 3. The van der Waals surface area contributed by atoms with Gasteiger partial charge in [0.15, 0.2) is 6.73 Å². The lowest BCUT2D eigenvalue weighted by Crippen LogP contribution is -2.26. The van der Waals surface area contributed by atoms with E-state index in [1.165, 1.54) is 18.2 Å². The number of fused-ring (bicyclic) bond motifs is 1. The van der Waals surface area contributed by atoms with E-state index in [4.69, 9.17) is 4.74 Å². The summed E-state index contributed by atoms with van der Waals surface area (Å²) in [6.07, 6.45) is 0. The van der Waals surface area contributed by atoms with Crippen molar-refractivity contribution in [3.63, 3.8) is 0 Å². The fraction of sp³-hybridized carbons (Fsp3) is 0.125. The van der Waals surface area contributed by atoms with Crippen LogP contribution in [0.2, 0.25) is 0 Å². The Labute approximate surface area is 139 Å². The summed E-state index contributed by atoms with van der Waals surface area (Å²) in [5.74, 6) is -0.992. The Bertz CT molecular complexity index is 975. The third kappa shape index (κ3) is 3.77. The largest absolute Gasteiger partial charge is 0.439 e. The van der Waals surface area contributed by atoms with Crippen LogP contribution in [0.3, 0.4) is 0 Å². The van der Waals surface area contributed by atoms with E-state index in [2.05, 4.69) is 15.0 Å². The van der Waals surface area contributed by atoms with Crippen LogP contribution in [0.5, 0.6) is 5.75 Å². The predicted molar refractivity (Wildman–Crippen MR) is 82.3 cm³/mol. The number of alkyl halides is 2. The third-order valence-electron chi connectivity index (χ3n) is 3.24. The van der Waals surface area contributed by atoms with E-state index in [1.54, 1.807) is 24.3 Å². The second-order valence-electron chi connectivity index (χ2n) is 4.88. The van der Waals surface area contributed by atoms with Gasteiger partial charge in [0.1, 0.15) is 11.3 Å². The van der Waals surface area contributed by atoms with Gasteiger partial charge >= 0.3 is 12.6 Å². The molecule has 128 valence electrons. The van der Waals surface area contributed by atoms with Crippen LogP contribution in [0.25, 0.3) is 10.9 Å². The Morgan fingerprint density at radius 2 is 1.96 bits per heavy atom. The van der Waals surface area contributed by atoms with Crippen molar-refractivity contribution in [2.45, 2.75) is 13.3 Å². The van der Waals surface area contributed by atoms with E-state index in [0.29, 0.717) is 10.9 Å². The summed E-state index contributed by atoms with van der Waals surface area (Å²) in [6, 6.07) is 11.7. The lowest BCUT2D eigenvalue weighted by Gasteiger charge is -2.08. The van der Waals surface area contributed by atoms with Crippen molar-refractivity contribution in [2.24, 2.45) is 0 Å². The molecular weight excluding hydrogens is 336 g/mol. The number of hydrogen-bond donors (Lipinski definition) is 0. The molecule has 2 aromatic carbocycles. The van der Waals surface area contributed by atoms with Gasteiger partial charge in [-0.15, -0.1) is 5.10 Å². The molecule has 3 aromatic rings. The zero-order chi connectivity index (χ0) is 17.8. The maximum atomic E-state index is 12.2. The number of hydrogen-bond acceptors (Lipinski definition) is 6. The van der Waals surface area contributed by atoms with Crippen LogP contribution in [-0.4, -0.2) is 27.6 Å². The highest BCUT2D eigenvalue weighted by atomic mass is 19.3. The van der Waals surface area contributed by atoms with Crippen LogP contribution in [0.4, 0.5) is 8.78 Å². The molecule has 1 aromatic heterocycles. The van der Waals surface area contributed by atoms with E-state index >= 15 is 0 Å². The summed E-state index contributed by atoms with van der Waals surface area (Å²) in [5.41, 5.74) is -0.0416. The fourth-order valence-electron chi connectivity index (χ4n) is 2.11. The van der Waals surface area contributed by atoms with Gasteiger partial charge in [-0.1, -0.05) is 23.4 Å². The van der Waals surface area contributed by atoms with Crippen molar-refractivity contribution >= 4 is 16.9 Å². The molecule has 0 aliphatic heterocycles. The molecule has 0 aliphatic rings. The zero-order valence-electron chi connectivity index (χ0n) is 12.6. The molecule has 25 heavy (non-hydrogen) atoms. The summed E-state index contributed by atoms with van der Waals surface area (Å²) in [7, 11) is 0. The molecule has 0 atom stereocenters. The van der Waals surface area contributed by atoms with Crippen molar-refractivity contribution in [1.82, 2.24) is 15.0 Å². The number of aromatic nitrogens is 3.